The third-order valence-electron chi connectivity index (χ3n) is 3.87. The molecule has 0 radical (unpaired) electrons. The van der Waals surface area contributed by atoms with Crippen molar-refractivity contribution < 1.29 is 14.3 Å². The van der Waals surface area contributed by atoms with Crippen LogP contribution in [0.25, 0.3) is 6.08 Å². The number of hydrogen-bond donors (Lipinski definition) is 2. The Kier molecular flexibility index (Phi) is 8.49. The SMILES string of the molecule is COc1ccccc1C=CC(=O)NC(=S)Nc1ccc(OCCC(C)C)cc1. The number of carbonyl (C=O) groups is 1. The van der Waals surface area contributed by atoms with Crippen LogP contribution >= 0.6 is 12.2 Å². The first-order valence-corrected chi connectivity index (χ1v) is 9.54. The van der Waals surface area contributed by atoms with E-state index in [2.05, 4.69) is 24.5 Å². The lowest BCUT2D eigenvalue weighted by molar-refractivity contribution is -0.115. The Hall–Kier alpha value is -2.86. The average Bonchev–Trinajstić information content (AvgIpc) is 2.67. The van der Waals surface area contributed by atoms with Crippen molar-refractivity contribution in [2.75, 3.05) is 19.0 Å². The second-order valence-electron chi connectivity index (χ2n) is 6.57. The van der Waals surface area contributed by atoms with Crippen LogP contribution in [0.4, 0.5) is 5.69 Å². The molecule has 0 aromatic heterocycles. The van der Waals surface area contributed by atoms with Crippen LogP contribution in [0.2, 0.25) is 0 Å². The minimum Gasteiger partial charge on any atom is -0.496 e. The summed E-state index contributed by atoms with van der Waals surface area (Å²) in [4.78, 5) is 12.1. The molecule has 0 saturated carbocycles. The number of nitrogens with one attached hydrogen (secondary N) is 2. The Balaban J connectivity index is 1.82. The number of para-hydroxylation sites is 1. The van der Waals surface area contributed by atoms with E-state index >= 15 is 0 Å². The molecule has 0 aliphatic rings. The van der Waals surface area contributed by atoms with Gasteiger partial charge in [0.05, 0.1) is 13.7 Å². The van der Waals surface area contributed by atoms with Crippen molar-refractivity contribution in [2.24, 2.45) is 5.92 Å². The van der Waals surface area contributed by atoms with Gasteiger partial charge in [-0.05, 0) is 61.0 Å². The quantitative estimate of drug-likeness (QED) is 0.501. The van der Waals surface area contributed by atoms with Gasteiger partial charge in [0, 0.05) is 17.3 Å². The maximum absolute atomic E-state index is 12.1. The Morgan fingerprint density at radius 1 is 1.14 bits per heavy atom. The fraction of sp³-hybridized carbons (Fsp3) is 0.273. The number of thiocarbonyl (C=S) groups is 1. The topological polar surface area (TPSA) is 59.6 Å². The second kappa shape index (κ2) is 11.1. The molecule has 0 bridgehead atoms. The average molecular weight is 399 g/mol. The number of ether oxygens (including phenoxy) is 2. The van der Waals surface area contributed by atoms with Crippen molar-refractivity contribution in [3.8, 4) is 11.5 Å². The van der Waals surface area contributed by atoms with Crippen LogP contribution in [0.5, 0.6) is 11.5 Å². The van der Waals surface area contributed by atoms with Crippen LogP contribution in [-0.2, 0) is 4.79 Å². The molecule has 2 rings (SSSR count). The summed E-state index contributed by atoms with van der Waals surface area (Å²) >= 11 is 5.19. The highest BCUT2D eigenvalue weighted by Crippen LogP contribution is 2.18. The summed E-state index contributed by atoms with van der Waals surface area (Å²) < 4.78 is 10.9. The minimum atomic E-state index is -0.322. The van der Waals surface area contributed by atoms with Crippen molar-refractivity contribution in [2.45, 2.75) is 20.3 Å². The number of amides is 1. The first-order valence-electron chi connectivity index (χ1n) is 9.14. The van der Waals surface area contributed by atoms with E-state index in [0.717, 1.165) is 23.4 Å². The minimum absolute atomic E-state index is 0.225. The molecule has 0 saturated heterocycles. The summed E-state index contributed by atoms with van der Waals surface area (Å²) in [6.45, 7) is 5.02. The van der Waals surface area contributed by atoms with E-state index in [0.29, 0.717) is 18.3 Å². The van der Waals surface area contributed by atoms with Crippen LogP contribution in [0.3, 0.4) is 0 Å². The Labute approximate surface area is 171 Å². The molecular formula is C22H26N2O3S. The molecule has 0 fully saturated rings. The van der Waals surface area contributed by atoms with E-state index in [9.17, 15) is 4.79 Å². The van der Waals surface area contributed by atoms with Gasteiger partial charge in [-0.25, -0.2) is 0 Å². The highest BCUT2D eigenvalue weighted by atomic mass is 32.1. The van der Waals surface area contributed by atoms with Gasteiger partial charge >= 0.3 is 0 Å². The van der Waals surface area contributed by atoms with Crippen molar-refractivity contribution in [3.05, 3.63) is 60.2 Å². The fourth-order valence-electron chi connectivity index (χ4n) is 2.33. The van der Waals surface area contributed by atoms with Crippen molar-refractivity contribution in [1.29, 1.82) is 0 Å². The van der Waals surface area contributed by atoms with E-state index in [1.165, 1.54) is 6.08 Å². The van der Waals surface area contributed by atoms with Gasteiger partial charge in [-0.15, -0.1) is 0 Å². The maximum atomic E-state index is 12.1. The van der Waals surface area contributed by atoms with Gasteiger partial charge in [0.25, 0.3) is 0 Å². The molecule has 0 unspecified atom stereocenters. The van der Waals surface area contributed by atoms with E-state index in [1.54, 1.807) is 13.2 Å². The van der Waals surface area contributed by atoms with E-state index in [1.807, 2.05) is 48.5 Å². The molecule has 5 nitrogen and oxygen atoms in total. The Bertz CT molecular complexity index is 817. The van der Waals surface area contributed by atoms with Crippen molar-refractivity contribution in [1.82, 2.24) is 5.32 Å². The molecule has 0 aliphatic heterocycles. The van der Waals surface area contributed by atoms with E-state index in [4.69, 9.17) is 21.7 Å². The summed E-state index contributed by atoms with van der Waals surface area (Å²) in [6, 6.07) is 14.9. The molecule has 2 aromatic rings. The second-order valence-corrected chi connectivity index (χ2v) is 6.98. The normalized spacial score (nSPS) is 10.7. The van der Waals surface area contributed by atoms with Crippen LogP contribution in [0.15, 0.2) is 54.6 Å². The van der Waals surface area contributed by atoms with Crippen LogP contribution in [-0.4, -0.2) is 24.7 Å². The Morgan fingerprint density at radius 2 is 1.86 bits per heavy atom. The first kappa shape index (κ1) is 21.4. The molecule has 28 heavy (non-hydrogen) atoms. The van der Waals surface area contributed by atoms with Crippen LogP contribution < -0.4 is 20.1 Å². The maximum Gasteiger partial charge on any atom is 0.250 e. The molecule has 0 spiro atoms. The summed E-state index contributed by atoms with van der Waals surface area (Å²) in [7, 11) is 1.59. The zero-order chi connectivity index (χ0) is 20.4. The summed E-state index contributed by atoms with van der Waals surface area (Å²) in [5.74, 6) is 1.79. The van der Waals surface area contributed by atoms with Crippen molar-refractivity contribution >= 4 is 35.0 Å². The standard InChI is InChI=1S/C22H26N2O3S/c1-16(2)14-15-27-19-11-9-18(10-12-19)23-22(28)24-21(25)13-8-17-6-4-5-7-20(17)26-3/h4-13,16H,14-15H2,1-3H3,(H2,23,24,25,28). The number of carbonyl (C=O) groups excluding carboxylic acids is 1. The highest BCUT2D eigenvalue weighted by Gasteiger charge is 2.04. The lowest BCUT2D eigenvalue weighted by Crippen LogP contribution is -2.32. The van der Waals surface area contributed by atoms with Crippen LogP contribution in [0.1, 0.15) is 25.8 Å². The lowest BCUT2D eigenvalue weighted by Gasteiger charge is -2.10. The number of rotatable bonds is 8. The molecule has 1 amide bonds. The predicted molar refractivity (Wildman–Crippen MR) is 118 cm³/mol. The zero-order valence-electron chi connectivity index (χ0n) is 16.4. The molecule has 2 aromatic carbocycles. The molecule has 0 atom stereocenters. The first-order chi connectivity index (χ1) is 13.5. The van der Waals surface area contributed by atoms with Gasteiger partial charge in [0.1, 0.15) is 11.5 Å². The van der Waals surface area contributed by atoms with Gasteiger partial charge in [-0.3, -0.25) is 10.1 Å². The Morgan fingerprint density at radius 3 is 2.54 bits per heavy atom. The molecule has 148 valence electrons. The largest absolute Gasteiger partial charge is 0.496 e. The van der Waals surface area contributed by atoms with Crippen LogP contribution in [0, 0.1) is 5.92 Å². The number of methoxy groups -OCH3 is 1. The zero-order valence-corrected chi connectivity index (χ0v) is 17.2. The lowest BCUT2D eigenvalue weighted by atomic mass is 10.1. The molecular weight excluding hydrogens is 372 g/mol. The summed E-state index contributed by atoms with van der Waals surface area (Å²) in [6.07, 6.45) is 4.11. The van der Waals surface area contributed by atoms with Gasteiger partial charge in [-0.1, -0.05) is 32.0 Å². The predicted octanol–water partition coefficient (Wildman–Crippen LogP) is 4.65. The fourth-order valence-corrected chi connectivity index (χ4v) is 2.55. The van der Waals surface area contributed by atoms with E-state index < -0.39 is 0 Å². The van der Waals surface area contributed by atoms with Gasteiger partial charge in [0.2, 0.25) is 5.91 Å². The monoisotopic (exact) mass is 398 g/mol. The van der Waals surface area contributed by atoms with Gasteiger partial charge in [-0.2, -0.15) is 0 Å². The smallest absolute Gasteiger partial charge is 0.250 e. The molecule has 0 heterocycles. The van der Waals surface area contributed by atoms with Gasteiger partial charge in [0.15, 0.2) is 5.11 Å². The molecule has 2 N–H and O–H groups in total. The van der Waals surface area contributed by atoms with E-state index in [-0.39, 0.29) is 11.0 Å². The summed E-state index contributed by atoms with van der Waals surface area (Å²) in [5.41, 5.74) is 1.59. The molecule has 6 heteroatoms. The third-order valence-corrected chi connectivity index (χ3v) is 4.07. The number of hydrogen-bond acceptors (Lipinski definition) is 4. The molecule has 0 aliphatic carbocycles. The van der Waals surface area contributed by atoms with Gasteiger partial charge < -0.3 is 14.8 Å². The third kappa shape index (κ3) is 7.40. The number of benzene rings is 2. The number of anilines is 1. The highest BCUT2D eigenvalue weighted by molar-refractivity contribution is 7.80. The van der Waals surface area contributed by atoms with Crippen molar-refractivity contribution in [3.63, 3.8) is 0 Å². The summed E-state index contributed by atoms with van der Waals surface area (Å²) in [5, 5.41) is 5.83.